The summed E-state index contributed by atoms with van der Waals surface area (Å²) in [5.74, 6) is 0. The molecule has 1 aromatic rings. The zero-order valence-electron chi connectivity index (χ0n) is 10.7. The van der Waals surface area contributed by atoms with Gasteiger partial charge in [0.25, 0.3) is 5.56 Å². The molecule has 0 saturated carbocycles. The molecule has 100 valence electrons. The fraction of sp³-hybridized carbons (Fsp3) is 0.667. The number of hydrogen-bond donors (Lipinski definition) is 1. The second-order valence-electron chi connectivity index (χ2n) is 4.85. The second-order valence-corrected chi connectivity index (χ2v) is 5.23. The average Bonchev–Trinajstić information content (AvgIpc) is 2.70. The molecule has 0 bridgehead atoms. The summed E-state index contributed by atoms with van der Waals surface area (Å²) < 4.78 is 1.33. The summed E-state index contributed by atoms with van der Waals surface area (Å²) in [4.78, 5) is 28.9. The first kappa shape index (κ1) is 13.4. The van der Waals surface area contributed by atoms with Crippen LogP contribution in [0.4, 0.5) is 0 Å². The molecule has 0 aromatic carbocycles. The highest BCUT2D eigenvalue weighted by atomic mass is 35.5. The largest absolute Gasteiger partial charge is 0.329 e. The first-order valence-electron chi connectivity index (χ1n) is 6.26. The molecule has 1 aliphatic rings. The molecule has 1 aliphatic heterocycles. The predicted molar refractivity (Wildman–Crippen MR) is 71.5 cm³/mol. The average molecular weight is 272 g/mol. The molecule has 0 spiro atoms. The fourth-order valence-corrected chi connectivity index (χ4v) is 2.74. The third kappa shape index (κ3) is 2.37. The van der Waals surface area contributed by atoms with Crippen molar-refractivity contribution in [3.63, 3.8) is 0 Å². The molecule has 0 aliphatic carbocycles. The zero-order chi connectivity index (χ0) is 13.3. The van der Waals surface area contributed by atoms with Gasteiger partial charge in [-0.3, -0.25) is 14.3 Å². The Morgan fingerprint density at radius 3 is 2.72 bits per heavy atom. The van der Waals surface area contributed by atoms with Gasteiger partial charge in [0.05, 0.1) is 11.6 Å². The standard InChI is InChI=1S/C12H18ClN3O2/c1-3-4-9-10(13)14-12(18)16(11(9)17)8-5-6-15(2)7-8/h8H,3-7H2,1-2H3,(H,14,18). The lowest BCUT2D eigenvalue weighted by Gasteiger charge is -2.14. The number of aromatic nitrogens is 2. The summed E-state index contributed by atoms with van der Waals surface area (Å²) in [6.45, 7) is 3.62. The Bertz CT molecular complexity index is 549. The van der Waals surface area contributed by atoms with E-state index in [0.717, 1.165) is 25.9 Å². The smallest absolute Gasteiger partial charge is 0.304 e. The number of likely N-dealkylation sites (N-methyl/N-ethyl adjacent to an activating group) is 1. The molecular weight excluding hydrogens is 254 g/mol. The molecule has 18 heavy (non-hydrogen) atoms. The van der Waals surface area contributed by atoms with Gasteiger partial charge in [0.15, 0.2) is 0 Å². The summed E-state index contributed by atoms with van der Waals surface area (Å²) in [6.07, 6.45) is 2.25. The van der Waals surface area contributed by atoms with Crippen molar-refractivity contribution in [3.05, 3.63) is 31.6 Å². The number of halogens is 1. The van der Waals surface area contributed by atoms with Crippen molar-refractivity contribution in [2.45, 2.75) is 32.2 Å². The minimum Gasteiger partial charge on any atom is -0.304 e. The van der Waals surface area contributed by atoms with Gasteiger partial charge in [0.1, 0.15) is 5.15 Å². The quantitative estimate of drug-likeness (QED) is 0.835. The topological polar surface area (TPSA) is 58.1 Å². The third-order valence-electron chi connectivity index (χ3n) is 3.41. The minimum absolute atomic E-state index is 0.0425. The van der Waals surface area contributed by atoms with E-state index in [2.05, 4.69) is 9.88 Å². The molecule has 1 aromatic heterocycles. The van der Waals surface area contributed by atoms with Crippen LogP contribution in [0.1, 0.15) is 31.4 Å². The van der Waals surface area contributed by atoms with Crippen LogP contribution >= 0.6 is 11.6 Å². The van der Waals surface area contributed by atoms with E-state index < -0.39 is 5.69 Å². The van der Waals surface area contributed by atoms with Crippen molar-refractivity contribution in [2.24, 2.45) is 0 Å². The van der Waals surface area contributed by atoms with E-state index in [-0.39, 0.29) is 16.8 Å². The van der Waals surface area contributed by atoms with Crippen LogP contribution < -0.4 is 11.2 Å². The number of likely N-dealkylation sites (tertiary alicyclic amines) is 1. The number of rotatable bonds is 3. The van der Waals surface area contributed by atoms with E-state index >= 15 is 0 Å². The Labute approximate surface area is 110 Å². The van der Waals surface area contributed by atoms with Crippen LogP contribution in [-0.4, -0.2) is 34.6 Å². The molecule has 1 fully saturated rings. The van der Waals surface area contributed by atoms with Crippen molar-refractivity contribution in [1.29, 1.82) is 0 Å². The van der Waals surface area contributed by atoms with Gasteiger partial charge in [-0.1, -0.05) is 24.9 Å². The van der Waals surface area contributed by atoms with Crippen LogP contribution in [0.15, 0.2) is 9.59 Å². The zero-order valence-corrected chi connectivity index (χ0v) is 11.5. The summed E-state index contributed by atoms with van der Waals surface area (Å²) in [7, 11) is 1.99. The number of nitrogens with one attached hydrogen (secondary N) is 1. The van der Waals surface area contributed by atoms with Gasteiger partial charge in [0.2, 0.25) is 0 Å². The van der Waals surface area contributed by atoms with Gasteiger partial charge in [-0.15, -0.1) is 0 Å². The van der Waals surface area contributed by atoms with Crippen LogP contribution in [0.25, 0.3) is 0 Å². The SMILES string of the molecule is CCCc1c(Cl)[nH]c(=O)n(C2CCN(C)C2)c1=O. The molecular formula is C12H18ClN3O2. The molecule has 1 saturated heterocycles. The predicted octanol–water partition coefficient (Wildman–Crippen LogP) is 1.02. The highest BCUT2D eigenvalue weighted by molar-refractivity contribution is 6.30. The molecule has 1 N–H and O–H groups in total. The molecule has 6 heteroatoms. The van der Waals surface area contributed by atoms with Gasteiger partial charge in [-0.05, 0) is 26.4 Å². The van der Waals surface area contributed by atoms with E-state index in [1.54, 1.807) is 0 Å². The van der Waals surface area contributed by atoms with Crippen molar-refractivity contribution < 1.29 is 0 Å². The number of aromatic amines is 1. The van der Waals surface area contributed by atoms with Crippen LogP contribution in [0, 0.1) is 0 Å². The Hall–Kier alpha value is -1.07. The van der Waals surface area contributed by atoms with Gasteiger partial charge in [-0.2, -0.15) is 0 Å². The van der Waals surface area contributed by atoms with Gasteiger partial charge >= 0.3 is 5.69 Å². The monoisotopic (exact) mass is 271 g/mol. The van der Waals surface area contributed by atoms with Crippen LogP contribution in [-0.2, 0) is 6.42 Å². The minimum atomic E-state index is -0.398. The van der Waals surface area contributed by atoms with Crippen LogP contribution in [0.5, 0.6) is 0 Å². The van der Waals surface area contributed by atoms with Crippen molar-refractivity contribution in [1.82, 2.24) is 14.5 Å². The van der Waals surface area contributed by atoms with E-state index in [1.807, 2.05) is 14.0 Å². The highest BCUT2D eigenvalue weighted by Crippen LogP contribution is 2.18. The Kier molecular flexibility index (Phi) is 3.92. The summed E-state index contributed by atoms with van der Waals surface area (Å²) in [5.41, 5.74) is -0.107. The first-order valence-corrected chi connectivity index (χ1v) is 6.64. The highest BCUT2D eigenvalue weighted by Gasteiger charge is 2.25. The Morgan fingerprint density at radius 1 is 1.44 bits per heavy atom. The van der Waals surface area contributed by atoms with Crippen molar-refractivity contribution >= 4 is 11.6 Å². The van der Waals surface area contributed by atoms with Gasteiger partial charge in [0, 0.05) is 6.54 Å². The van der Waals surface area contributed by atoms with Crippen molar-refractivity contribution in [3.8, 4) is 0 Å². The summed E-state index contributed by atoms with van der Waals surface area (Å²) in [6, 6.07) is -0.0425. The van der Waals surface area contributed by atoms with Gasteiger partial charge < -0.3 is 4.90 Å². The van der Waals surface area contributed by atoms with E-state index in [0.29, 0.717) is 12.0 Å². The summed E-state index contributed by atoms with van der Waals surface area (Å²) in [5, 5.41) is 0.189. The molecule has 1 atom stereocenters. The van der Waals surface area contributed by atoms with Crippen LogP contribution in [0.2, 0.25) is 5.15 Å². The maximum absolute atomic E-state index is 12.3. The molecule has 2 heterocycles. The lowest BCUT2D eigenvalue weighted by atomic mass is 10.2. The maximum atomic E-state index is 12.3. The Balaban J connectivity index is 2.50. The lowest BCUT2D eigenvalue weighted by Crippen LogP contribution is -2.40. The number of hydrogen-bond acceptors (Lipinski definition) is 3. The van der Waals surface area contributed by atoms with Crippen LogP contribution in [0.3, 0.4) is 0 Å². The maximum Gasteiger partial charge on any atom is 0.329 e. The fourth-order valence-electron chi connectivity index (χ4n) is 2.48. The summed E-state index contributed by atoms with van der Waals surface area (Å²) >= 11 is 5.94. The van der Waals surface area contributed by atoms with Gasteiger partial charge in [-0.25, -0.2) is 4.79 Å². The van der Waals surface area contributed by atoms with E-state index in [4.69, 9.17) is 11.6 Å². The molecule has 2 rings (SSSR count). The third-order valence-corrected chi connectivity index (χ3v) is 3.73. The lowest BCUT2D eigenvalue weighted by molar-refractivity contribution is 0.384. The number of nitrogens with zero attached hydrogens (tertiary/aromatic N) is 2. The van der Waals surface area contributed by atoms with E-state index in [1.165, 1.54) is 4.57 Å². The molecule has 0 radical (unpaired) electrons. The van der Waals surface area contributed by atoms with Crippen molar-refractivity contribution in [2.75, 3.05) is 20.1 Å². The normalized spacial score (nSPS) is 20.5. The molecule has 1 unspecified atom stereocenters. The first-order chi connectivity index (χ1) is 8.54. The molecule has 5 nitrogen and oxygen atoms in total. The number of H-pyrrole nitrogens is 1. The molecule has 0 amide bonds. The Morgan fingerprint density at radius 2 is 2.17 bits per heavy atom. The second kappa shape index (κ2) is 5.28. The van der Waals surface area contributed by atoms with E-state index in [9.17, 15) is 9.59 Å².